The average Bonchev–Trinajstić information content (AvgIpc) is 1.41. The van der Waals surface area contributed by atoms with Crippen molar-refractivity contribution in [1.82, 2.24) is 0 Å². The molecule has 1 heteroatoms. The van der Waals surface area contributed by atoms with E-state index in [1.54, 1.807) is 0 Å². The van der Waals surface area contributed by atoms with Crippen LogP contribution >= 0.6 is 0 Å². The molecule has 5 heavy (non-hydrogen) atoms. The fourth-order valence-electron chi connectivity index (χ4n) is 0.250. The van der Waals surface area contributed by atoms with Crippen LogP contribution in [0, 0.1) is 6.92 Å². The molecule has 1 radical (unpaired) electrons. The highest BCUT2D eigenvalue weighted by Crippen LogP contribution is 1.86. The molecule has 0 fully saturated rings. The summed E-state index contributed by atoms with van der Waals surface area (Å²) in [5.41, 5.74) is 0. The molecule has 0 rings (SSSR count). The first-order chi connectivity index (χ1) is 2.41. The van der Waals surface area contributed by atoms with E-state index in [0.717, 1.165) is 6.42 Å². The van der Waals surface area contributed by atoms with E-state index in [-0.39, 0.29) is 0 Å². The Morgan fingerprint density at radius 2 is 2.20 bits per heavy atom. The van der Waals surface area contributed by atoms with Crippen LogP contribution in [0.25, 0.3) is 0 Å². The van der Waals surface area contributed by atoms with Crippen LogP contribution in [0.3, 0.4) is 0 Å². The van der Waals surface area contributed by atoms with Gasteiger partial charge in [-0.25, -0.2) is 0 Å². The predicted octanol–water partition coefficient (Wildman–Crippen LogP) is 0.384. The highest BCUT2D eigenvalue weighted by Gasteiger charge is 1.68. The second kappa shape index (κ2) is 4.22. The van der Waals surface area contributed by atoms with Crippen molar-refractivity contribution >= 4 is 10.2 Å². The van der Waals surface area contributed by atoms with Gasteiger partial charge >= 0.3 is 0 Å². The highest BCUT2D eigenvalue weighted by molar-refractivity contribution is 6.08. The maximum Gasteiger partial charge on any atom is 0.00279 e. The molecule has 0 unspecified atom stereocenters. The van der Waals surface area contributed by atoms with Crippen LogP contribution in [0.1, 0.15) is 12.8 Å². The van der Waals surface area contributed by atoms with Crippen molar-refractivity contribution < 1.29 is 0 Å². The number of unbranched alkanes of at least 4 members (excludes halogenated alkanes) is 1. The third-order valence-corrected chi connectivity index (χ3v) is 1.31. The molecule has 0 aliphatic rings. The van der Waals surface area contributed by atoms with Crippen molar-refractivity contribution in [3.05, 3.63) is 6.92 Å². The lowest BCUT2D eigenvalue weighted by molar-refractivity contribution is 0.953. The van der Waals surface area contributed by atoms with E-state index < -0.39 is 0 Å². The minimum Gasteiger partial charge on any atom is -0.0658 e. The Hall–Kier alpha value is 0.217. The quantitative estimate of drug-likeness (QED) is 0.427. The van der Waals surface area contributed by atoms with Gasteiger partial charge in [0.25, 0.3) is 0 Å². The minimum atomic E-state index is 1.13. The summed E-state index contributed by atoms with van der Waals surface area (Å²) in [5.74, 6) is 0. The zero-order valence-corrected chi connectivity index (χ0v) is 5.83. The van der Waals surface area contributed by atoms with Gasteiger partial charge in [-0.05, 0) is 0 Å². The lowest BCUT2D eigenvalue weighted by Gasteiger charge is -1.78. The van der Waals surface area contributed by atoms with Crippen LogP contribution in [-0.4, -0.2) is 10.2 Å². The summed E-state index contributed by atoms with van der Waals surface area (Å²) in [4.78, 5) is 0. The molecule has 0 saturated heterocycles. The summed E-state index contributed by atoms with van der Waals surface area (Å²) in [6, 6.07) is 1.42. The summed E-state index contributed by atoms with van der Waals surface area (Å²) < 4.78 is 0. The smallest absolute Gasteiger partial charge is 0.00279 e. The van der Waals surface area contributed by atoms with Crippen molar-refractivity contribution in [3.63, 3.8) is 0 Å². The Balaban J connectivity index is 2.19. The van der Waals surface area contributed by atoms with E-state index >= 15 is 0 Å². The van der Waals surface area contributed by atoms with Gasteiger partial charge in [-0.2, -0.15) is 0 Å². The second-order valence-electron chi connectivity index (χ2n) is 1.21. The average molecular weight is 87.2 g/mol. The summed E-state index contributed by atoms with van der Waals surface area (Å²) >= 11 is 0. The van der Waals surface area contributed by atoms with Gasteiger partial charge in [0.2, 0.25) is 0 Å². The van der Waals surface area contributed by atoms with E-state index in [1.807, 2.05) is 0 Å². The van der Waals surface area contributed by atoms with E-state index in [1.165, 1.54) is 22.7 Å². The van der Waals surface area contributed by atoms with Gasteiger partial charge < -0.3 is 0 Å². The van der Waals surface area contributed by atoms with Gasteiger partial charge in [-0.1, -0.05) is 25.8 Å². The Labute approximate surface area is 37.0 Å². The molecule has 0 N–H and O–H groups in total. The van der Waals surface area contributed by atoms with Crippen LogP contribution < -0.4 is 0 Å². The predicted molar refractivity (Wildman–Crippen MR) is 29.3 cm³/mol. The molecule has 0 atom stereocenters. The van der Waals surface area contributed by atoms with Gasteiger partial charge in [0.1, 0.15) is 0 Å². The molecular formula is C4H11Si. The van der Waals surface area contributed by atoms with E-state index in [4.69, 9.17) is 0 Å². The first-order valence-electron chi connectivity index (χ1n) is 2.21. The zero-order chi connectivity index (χ0) is 4.12. The summed E-state index contributed by atoms with van der Waals surface area (Å²) in [5, 5.41) is 0. The second-order valence-corrected chi connectivity index (χ2v) is 2.21. The van der Waals surface area contributed by atoms with Gasteiger partial charge in [0.15, 0.2) is 0 Å². The summed E-state index contributed by atoms with van der Waals surface area (Å²) in [7, 11) is 1.36. The molecular weight excluding hydrogens is 76.1 g/mol. The summed E-state index contributed by atoms with van der Waals surface area (Å²) in [6.07, 6.45) is 2.47. The number of hydrogen-bond donors (Lipinski definition) is 0. The topological polar surface area (TPSA) is 0 Å². The van der Waals surface area contributed by atoms with Crippen LogP contribution in [-0.2, 0) is 0 Å². The standard InChI is InChI=1S/C4H11Si/c1-2-3-4-5/h1-4H2,5H3. The van der Waals surface area contributed by atoms with Gasteiger partial charge in [0, 0.05) is 10.2 Å². The van der Waals surface area contributed by atoms with Gasteiger partial charge in [0.05, 0.1) is 0 Å². The fourth-order valence-corrected chi connectivity index (χ4v) is 0.750. The van der Waals surface area contributed by atoms with Crippen molar-refractivity contribution in [2.45, 2.75) is 18.9 Å². The molecule has 31 valence electrons. The molecule has 0 aliphatic heterocycles. The maximum absolute atomic E-state index is 3.70. The lowest BCUT2D eigenvalue weighted by Crippen LogP contribution is -1.64. The fraction of sp³-hybridized carbons (Fsp3) is 0.750. The molecule has 0 aromatic heterocycles. The van der Waals surface area contributed by atoms with Crippen molar-refractivity contribution in [2.75, 3.05) is 0 Å². The normalized spacial score (nSPS) is 9.00. The summed E-state index contributed by atoms with van der Waals surface area (Å²) in [6.45, 7) is 3.70. The molecule has 0 heterocycles. The highest BCUT2D eigenvalue weighted by atomic mass is 28.1. The van der Waals surface area contributed by atoms with Gasteiger partial charge in [-0.15, -0.1) is 0 Å². The monoisotopic (exact) mass is 87.1 g/mol. The number of rotatable bonds is 2. The van der Waals surface area contributed by atoms with Crippen LogP contribution in [0.2, 0.25) is 6.04 Å². The Morgan fingerprint density at radius 1 is 1.60 bits per heavy atom. The van der Waals surface area contributed by atoms with Gasteiger partial charge in [-0.3, -0.25) is 0 Å². The van der Waals surface area contributed by atoms with Crippen molar-refractivity contribution in [1.29, 1.82) is 0 Å². The Bertz CT molecular complexity index is 11.1. The lowest BCUT2D eigenvalue weighted by atomic mass is 10.4. The van der Waals surface area contributed by atoms with Crippen LogP contribution in [0.5, 0.6) is 0 Å². The van der Waals surface area contributed by atoms with E-state index in [2.05, 4.69) is 6.92 Å². The molecule has 0 saturated carbocycles. The molecule has 0 nitrogen and oxygen atoms in total. The number of hydrogen-bond acceptors (Lipinski definition) is 0. The minimum absolute atomic E-state index is 1.13. The maximum atomic E-state index is 3.70. The molecule has 0 aromatic carbocycles. The molecule has 0 aromatic rings. The molecule has 0 bridgehead atoms. The van der Waals surface area contributed by atoms with Crippen molar-refractivity contribution in [3.8, 4) is 0 Å². The largest absolute Gasteiger partial charge is 0.0658 e. The van der Waals surface area contributed by atoms with Crippen LogP contribution in [0.15, 0.2) is 0 Å². The first kappa shape index (κ1) is 5.22. The third-order valence-electron chi connectivity index (χ3n) is 0.604. The van der Waals surface area contributed by atoms with E-state index in [0.29, 0.717) is 0 Å². The van der Waals surface area contributed by atoms with E-state index in [9.17, 15) is 0 Å². The van der Waals surface area contributed by atoms with Crippen molar-refractivity contribution in [2.24, 2.45) is 0 Å². The van der Waals surface area contributed by atoms with Crippen LogP contribution in [0.4, 0.5) is 0 Å². The Kier molecular flexibility index (Phi) is 4.40. The molecule has 0 aliphatic carbocycles. The third kappa shape index (κ3) is 4.22. The molecule has 0 spiro atoms. The SMILES string of the molecule is [CH2]CCC[SiH3]. The first-order valence-corrected chi connectivity index (χ1v) is 3.62. The molecule has 0 amide bonds. The Morgan fingerprint density at radius 3 is 2.20 bits per heavy atom. The zero-order valence-electron chi connectivity index (χ0n) is 3.83.